The number of nitro benzene ring substituents is 1. The standard InChI is InChI=1S/C15H14N2O7S/c1-24-15(19)14(10-2-6-12(18)7-3-10)16-25(22,23)13-8-4-11(5-9-13)17(20)21/h2-9,14,16,18H,1H3/t14-/m1/s1. The van der Waals surface area contributed by atoms with Gasteiger partial charge in [0, 0.05) is 12.1 Å². The monoisotopic (exact) mass is 366 g/mol. The maximum Gasteiger partial charge on any atom is 0.328 e. The van der Waals surface area contributed by atoms with E-state index in [1.54, 1.807) is 0 Å². The second-order valence-electron chi connectivity index (χ2n) is 4.92. The number of methoxy groups -OCH3 is 1. The number of non-ortho nitro benzene ring substituents is 1. The highest BCUT2D eigenvalue weighted by Crippen LogP contribution is 2.22. The molecule has 0 fully saturated rings. The van der Waals surface area contributed by atoms with Gasteiger partial charge in [-0.05, 0) is 29.8 Å². The fourth-order valence-corrected chi connectivity index (χ4v) is 3.18. The average Bonchev–Trinajstić information content (AvgIpc) is 2.60. The number of phenolic OH excluding ortho intramolecular Hbond substituents is 1. The van der Waals surface area contributed by atoms with E-state index in [0.29, 0.717) is 0 Å². The molecule has 25 heavy (non-hydrogen) atoms. The Morgan fingerprint density at radius 3 is 2.20 bits per heavy atom. The maximum absolute atomic E-state index is 12.4. The minimum absolute atomic E-state index is 0.0504. The van der Waals surface area contributed by atoms with E-state index in [0.717, 1.165) is 31.4 Å². The van der Waals surface area contributed by atoms with Crippen LogP contribution in [0.4, 0.5) is 5.69 Å². The third-order valence-electron chi connectivity index (χ3n) is 3.29. The largest absolute Gasteiger partial charge is 0.508 e. The first-order valence-electron chi connectivity index (χ1n) is 6.88. The lowest BCUT2D eigenvalue weighted by Crippen LogP contribution is -2.34. The zero-order valence-corrected chi connectivity index (χ0v) is 13.8. The number of benzene rings is 2. The summed E-state index contributed by atoms with van der Waals surface area (Å²) in [5.41, 5.74) is -0.00265. The lowest BCUT2D eigenvalue weighted by Gasteiger charge is -2.17. The molecule has 9 nitrogen and oxygen atoms in total. The smallest absolute Gasteiger partial charge is 0.328 e. The number of carbonyl (C=O) groups is 1. The summed E-state index contributed by atoms with van der Waals surface area (Å²) in [6.45, 7) is 0. The molecule has 0 aromatic heterocycles. The van der Waals surface area contributed by atoms with Crippen LogP contribution >= 0.6 is 0 Å². The van der Waals surface area contributed by atoms with Crippen LogP contribution in [-0.2, 0) is 19.6 Å². The van der Waals surface area contributed by atoms with E-state index in [1.165, 1.54) is 24.3 Å². The number of carbonyl (C=O) groups excluding carboxylic acids is 1. The first-order chi connectivity index (χ1) is 11.7. The van der Waals surface area contributed by atoms with Crippen molar-refractivity contribution in [3.8, 4) is 5.75 Å². The van der Waals surface area contributed by atoms with Crippen molar-refractivity contribution in [3.63, 3.8) is 0 Å². The Morgan fingerprint density at radius 2 is 1.72 bits per heavy atom. The molecule has 0 aliphatic carbocycles. The van der Waals surface area contributed by atoms with Gasteiger partial charge in [-0.1, -0.05) is 12.1 Å². The highest BCUT2D eigenvalue weighted by molar-refractivity contribution is 7.89. The summed E-state index contributed by atoms with van der Waals surface area (Å²) in [5, 5.41) is 19.9. The van der Waals surface area contributed by atoms with E-state index < -0.39 is 27.0 Å². The molecule has 10 heteroatoms. The Labute approximate surface area is 143 Å². The lowest BCUT2D eigenvalue weighted by atomic mass is 10.1. The van der Waals surface area contributed by atoms with Gasteiger partial charge in [-0.2, -0.15) is 4.72 Å². The van der Waals surface area contributed by atoms with Gasteiger partial charge in [0.15, 0.2) is 0 Å². The molecule has 2 rings (SSSR count). The number of nitrogens with zero attached hydrogens (tertiary/aromatic N) is 1. The highest BCUT2D eigenvalue weighted by atomic mass is 32.2. The van der Waals surface area contributed by atoms with E-state index >= 15 is 0 Å². The average molecular weight is 366 g/mol. The number of esters is 1. The number of sulfonamides is 1. The molecular weight excluding hydrogens is 352 g/mol. The minimum Gasteiger partial charge on any atom is -0.508 e. The fraction of sp³-hybridized carbons (Fsp3) is 0.133. The van der Waals surface area contributed by atoms with Crippen molar-refractivity contribution in [2.75, 3.05) is 7.11 Å². The molecule has 1 atom stereocenters. The number of hydrogen-bond acceptors (Lipinski definition) is 7. The zero-order chi connectivity index (χ0) is 18.6. The number of ether oxygens (including phenoxy) is 1. The summed E-state index contributed by atoms with van der Waals surface area (Å²) in [7, 11) is -3.04. The number of nitro groups is 1. The molecule has 0 unspecified atom stereocenters. The molecular formula is C15H14N2O7S. The summed E-state index contributed by atoms with van der Waals surface area (Å²) in [6, 6.07) is 8.20. The zero-order valence-electron chi connectivity index (χ0n) is 12.9. The predicted molar refractivity (Wildman–Crippen MR) is 86.3 cm³/mol. The second kappa shape index (κ2) is 7.28. The first kappa shape index (κ1) is 18.4. The third-order valence-corrected chi connectivity index (χ3v) is 4.73. The van der Waals surface area contributed by atoms with Crippen LogP contribution in [0.2, 0.25) is 0 Å². The van der Waals surface area contributed by atoms with Crippen LogP contribution in [0, 0.1) is 10.1 Å². The summed E-state index contributed by atoms with van der Waals surface area (Å²) in [5.74, 6) is -0.901. The van der Waals surface area contributed by atoms with Crippen LogP contribution in [0.3, 0.4) is 0 Å². The van der Waals surface area contributed by atoms with Crippen molar-refractivity contribution in [3.05, 3.63) is 64.2 Å². The fourth-order valence-electron chi connectivity index (χ4n) is 2.01. The molecule has 2 aromatic rings. The molecule has 0 aliphatic heterocycles. The van der Waals surface area contributed by atoms with Gasteiger partial charge in [0.05, 0.1) is 16.9 Å². The quantitative estimate of drug-likeness (QED) is 0.449. The van der Waals surface area contributed by atoms with E-state index in [2.05, 4.69) is 9.46 Å². The SMILES string of the molecule is COC(=O)[C@H](NS(=O)(=O)c1ccc([N+](=O)[O-])cc1)c1ccc(O)cc1. The van der Waals surface area contributed by atoms with Gasteiger partial charge in [0.25, 0.3) is 5.69 Å². The topological polar surface area (TPSA) is 136 Å². The Kier molecular flexibility index (Phi) is 5.35. The number of nitrogens with one attached hydrogen (secondary N) is 1. The number of phenols is 1. The molecule has 2 aromatic carbocycles. The van der Waals surface area contributed by atoms with Crippen LogP contribution in [0.25, 0.3) is 0 Å². The first-order valence-corrected chi connectivity index (χ1v) is 8.36. The highest BCUT2D eigenvalue weighted by Gasteiger charge is 2.28. The molecule has 0 saturated heterocycles. The van der Waals surface area contributed by atoms with Crippen LogP contribution < -0.4 is 4.72 Å². The summed E-state index contributed by atoms with van der Waals surface area (Å²) in [4.78, 5) is 21.7. The van der Waals surface area contributed by atoms with Gasteiger partial charge in [-0.3, -0.25) is 10.1 Å². The molecule has 0 radical (unpaired) electrons. The van der Waals surface area contributed by atoms with E-state index in [-0.39, 0.29) is 21.9 Å². The minimum atomic E-state index is -4.15. The third kappa shape index (κ3) is 4.31. The number of rotatable bonds is 6. The normalized spacial score (nSPS) is 12.4. The summed E-state index contributed by atoms with van der Waals surface area (Å²) in [6.07, 6.45) is 0. The van der Waals surface area contributed by atoms with Crippen molar-refractivity contribution in [2.45, 2.75) is 10.9 Å². The molecule has 132 valence electrons. The van der Waals surface area contributed by atoms with Crippen molar-refractivity contribution in [2.24, 2.45) is 0 Å². The predicted octanol–water partition coefficient (Wildman–Crippen LogP) is 1.49. The van der Waals surface area contributed by atoms with Crippen molar-refractivity contribution < 1.29 is 28.0 Å². The molecule has 0 saturated carbocycles. The molecule has 0 amide bonds. The lowest BCUT2D eigenvalue weighted by molar-refractivity contribution is -0.384. The van der Waals surface area contributed by atoms with Crippen LogP contribution in [0.1, 0.15) is 11.6 Å². The van der Waals surface area contributed by atoms with Gasteiger partial charge in [0.1, 0.15) is 11.8 Å². The van der Waals surface area contributed by atoms with Gasteiger partial charge in [0.2, 0.25) is 10.0 Å². The Bertz CT molecular complexity index is 877. The van der Waals surface area contributed by atoms with Gasteiger partial charge >= 0.3 is 5.97 Å². The number of hydrogen-bond donors (Lipinski definition) is 2. The van der Waals surface area contributed by atoms with Crippen LogP contribution in [-0.4, -0.2) is 31.5 Å². The van der Waals surface area contributed by atoms with Crippen LogP contribution in [0.15, 0.2) is 53.4 Å². The maximum atomic E-state index is 12.4. The summed E-state index contributed by atoms with van der Waals surface area (Å²) < 4.78 is 31.7. The number of aromatic hydroxyl groups is 1. The van der Waals surface area contributed by atoms with Crippen molar-refractivity contribution in [1.29, 1.82) is 0 Å². The summed E-state index contributed by atoms with van der Waals surface area (Å²) >= 11 is 0. The van der Waals surface area contributed by atoms with Gasteiger partial charge < -0.3 is 9.84 Å². The Hall–Kier alpha value is -2.98. The van der Waals surface area contributed by atoms with Crippen molar-refractivity contribution >= 4 is 21.7 Å². The molecule has 0 bridgehead atoms. The second-order valence-corrected chi connectivity index (χ2v) is 6.63. The molecule has 0 aliphatic rings. The molecule has 0 spiro atoms. The van der Waals surface area contributed by atoms with Gasteiger partial charge in [-0.15, -0.1) is 0 Å². The van der Waals surface area contributed by atoms with E-state index in [4.69, 9.17) is 0 Å². The van der Waals surface area contributed by atoms with Gasteiger partial charge in [-0.25, -0.2) is 13.2 Å². The van der Waals surface area contributed by atoms with E-state index in [9.17, 15) is 28.4 Å². The van der Waals surface area contributed by atoms with Crippen LogP contribution in [0.5, 0.6) is 5.75 Å². The van der Waals surface area contributed by atoms with Crippen molar-refractivity contribution in [1.82, 2.24) is 4.72 Å². The van der Waals surface area contributed by atoms with E-state index in [1.807, 2.05) is 0 Å². The molecule has 2 N–H and O–H groups in total. The molecule has 0 heterocycles. The Morgan fingerprint density at radius 1 is 1.16 bits per heavy atom. The Balaban J connectivity index is 2.34.